The van der Waals surface area contributed by atoms with Crippen LogP contribution in [-0.4, -0.2) is 28.2 Å². The molecule has 0 amide bonds. The van der Waals surface area contributed by atoms with Gasteiger partial charge in [0.1, 0.15) is 12.4 Å². The Morgan fingerprint density at radius 2 is 1.50 bits per heavy atom. The summed E-state index contributed by atoms with van der Waals surface area (Å²) >= 11 is 0. The van der Waals surface area contributed by atoms with Gasteiger partial charge in [-0.15, -0.1) is 0 Å². The fraction of sp³-hybridized carbons (Fsp3) is 0.160. The van der Waals surface area contributed by atoms with Gasteiger partial charge in [0, 0.05) is 31.4 Å². The van der Waals surface area contributed by atoms with E-state index in [1.165, 1.54) is 11.1 Å². The summed E-state index contributed by atoms with van der Waals surface area (Å²) in [4.78, 5) is 2.39. The monoisotopic (exact) mass is 398 g/mol. The molecule has 4 rings (SSSR count). The van der Waals surface area contributed by atoms with Gasteiger partial charge in [-0.1, -0.05) is 66.7 Å². The second kappa shape index (κ2) is 9.76. The van der Waals surface area contributed by atoms with E-state index >= 15 is 0 Å². The minimum Gasteiger partial charge on any atom is -0.490 e. The Hall–Kier alpha value is -3.57. The number of hydrogen-bond acceptors (Lipinski definition) is 4. The first-order chi connectivity index (χ1) is 14.8. The lowest BCUT2D eigenvalue weighted by atomic mass is 10.1. The van der Waals surface area contributed by atoms with Crippen LogP contribution in [0.2, 0.25) is 0 Å². The molecule has 0 radical (unpaired) electrons. The molecule has 0 fully saturated rings. The second-order valence-corrected chi connectivity index (χ2v) is 7.27. The summed E-state index contributed by atoms with van der Waals surface area (Å²) in [6.45, 7) is 3.07. The molecule has 0 aliphatic rings. The molecule has 1 heterocycles. The van der Waals surface area contributed by atoms with Crippen molar-refractivity contribution in [3.8, 4) is 16.9 Å². The number of benzene rings is 3. The molecule has 5 nitrogen and oxygen atoms in total. The minimum absolute atomic E-state index is 0.554. The number of H-pyrrole nitrogens is 1. The third-order valence-electron chi connectivity index (χ3n) is 5.01. The van der Waals surface area contributed by atoms with Crippen LogP contribution in [0.4, 0.5) is 5.69 Å². The average molecular weight is 399 g/mol. The van der Waals surface area contributed by atoms with E-state index in [-0.39, 0.29) is 0 Å². The zero-order valence-corrected chi connectivity index (χ0v) is 16.9. The highest BCUT2D eigenvalue weighted by Crippen LogP contribution is 2.28. The number of nitrogens with two attached hydrogens (primary N) is 1. The molecule has 0 spiro atoms. The molecular weight excluding hydrogens is 372 g/mol. The molecule has 5 heteroatoms. The number of aromatic nitrogens is 2. The van der Waals surface area contributed by atoms with Crippen LogP contribution < -0.4 is 10.5 Å². The summed E-state index contributed by atoms with van der Waals surface area (Å²) < 4.78 is 6.08. The Labute approximate surface area is 177 Å². The van der Waals surface area contributed by atoms with Crippen molar-refractivity contribution in [2.24, 2.45) is 0 Å². The highest BCUT2D eigenvalue weighted by Gasteiger charge is 2.10. The number of aromatic amines is 1. The van der Waals surface area contributed by atoms with Crippen molar-refractivity contribution < 1.29 is 4.74 Å². The molecule has 0 atom stereocenters. The number of rotatable bonds is 9. The van der Waals surface area contributed by atoms with E-state index in [0.29, 0.717) is 18.0 Å². The molecule has 0 saturated heterocycles. The molecule has 3 N–H and O–H groups in total. The maximum atomic E-state index is 6.14. The van der Waals surface area contributed by atoms with Gasteiger partial charge in [0.2, 0.25) is 0 Å². The highest BCUT2D eigenvalue weighted by molar-refractivity contribution is 5.68. The average Bonchev–Trinajstić information content (AvgIpc) is 3.31. The van der Waals surface area contributed by atoms with E-state index in [9.17, 15) is 0 Å². The number of hydrogen-bond donors (Lipinski definition) is 2. The smallest absolute Gasteiger partial charge is 0.142 e. The Morgan fingerprint density at radius 3 is 2.10 bits per heavy atom. The number of anilines is 1. The van der Waals surface area contributed by atoms with Crippen molar-refractivity contribution >= 4 is 5.69 Å². The molecule has 0 unspecified atom stereocenters. The van der Waals surface area contributed by atoms with Crippen LogP contribution in [0, 0.1) is 0 Å². The third-order valence-corrected chi connectivity index (χ3v) is 5.01. The molecular formula is C25H26N4O. The van der Waals surface area contributed by atoms with Gasteiger partial charge in [-0.3, -0.25) is 10.00 Å². The summed E-state index contributed by atoms with van der Waals surface area (Å²) in [7, 11) is 0. The summed E-state index contributed by atoms with van der Waals surface area (Å²) in [6, 6.07) is 26.9. The maximum Gasteiger partial charge on any atom is 0.142 e. The van der Waals surface area contributed by atoms with Crippen molar-refractivity contribution in [2.45, 2.75) is 13.1 Å². The van der Waals surface area contributed by atoms with Crippen molar-refractivity contribution in [1.82, 2.24) is 15.1 Å². The Morgan fingerprint density at radius 1 is 0.833 bits per heavy atom. The summed E-state index contributed by atoms with van der Waals surface area (Å²) in [5.74, 6) is 0.702. The van der Waals surface area contributed by atoms with Crippen LogP contribution in [0.25, 0.3) is 11.1 Å². The highest BCUT2D eigenvalue weighted by atomic mass is 16.5. The first-order valence-electron chi connectivity index (χ1n) is 10.1. The lowest BCUT2D eigenvalue weighted by Gasteiger charge is -2.23. The van der Waals surface area contributed by atoms with E-state index in [1.807, 2.05) is 36.5 Å². The molecule has 1 aromatic heterocycles. The Kier molecular flexibility index (Phi) is 6.42. The second-order valence-electron chi connectivity index (χ2n) is 7.27. The Bertz CT molecular complexity index is 992. The zero-order chi connectivity index (χ0) is 20.6. The van der Waals surface area contributed by atoms with Gasteiger partial charge >= 0.3 is 0 Å². The van der Waals surface area contributed by atoms with Gasteiger partial charge < -0.3 is 10.5 Å². The van der Waals surface area contributed by atoms with Gasteiger partial charge in [0.15, 0.2) is 0 Å². The largest absolute Gasteiger partial charge is 0.490 e. The summed E-state index contributed by atoms with van der Waals surface area (Å²) in [5.41, 5.74) is 11.4. The van der Waals surface area contributed by atoms with Gasteiger partial charge in [-0.2, -0.15) is 5.10 Å². The topological polar surface area (TPSA) is 67.2 Å². The van der Waals surface area contributed by atoms with Crippen molar-refractivity contribution in [2.75, 3.05) is 18.9 Å². The van der Waals surface area contributed by atoms with E-state index in [2.05, 4.69) is 63.6 Å². The normalized spacial score (nSPS) is 11.0. The van der Waals surface area contributed by atoms with Gasteiger partial charge in [0.05, 0.1) is 11.9 Å². The molecule has 152 valence electrons. The predicted octanol–water partition coefficient (Wildman–Crippen LogP) is 4.74. The zero-order valence-electron chi connectivity index (χ0n) is 16.9. The SMILES string of the molecule is Nc1ccc(-c2cn[nH]c2)cc1OCCN(Cc1ccccc1)Cc1ccccc1. The van der Waals surface area contributed by atoms with E-state index in [0.717, 1.165) is 30.8 Å². The van der Waals surface area contributed by atoms with Crippen LogP contribution in [0.3, 0.4) is 0 Å². The molecule has 0 aliphatic carbocycles. The van der Waals surface area contributed by atoms with Gasteiger partial charge in [-0.25, -0.2) is 0 Å². The predicted molar refractivity (Wildman–Crippen MR) is 121 cm³/mol. The molecule has 4 aromatic rings. The van der Waals surface area contributed by atoms with Crippen LogP contribution in [0.1, 0.15) is 11.1 Å². The number of nitrogen functional groups attached to an aromatic ring is 1. The quantitative estimate of drug-likeness (QED) is 0.400. The van der Waals surface area contributed by atoms with Crippen LogP contribution in [0.15, 0.2) is 91.3 Å². The number of ether oxygens (including phenoxy) is 1. The lowest BCUT2D eigenvalue weighted by Crippen LogP contribution is -2.28. The minimum atomic E-state index is 0.554. The van der Waals surface area contributed by atoms with Crippen molar-refractivity contribution in [3.63, 3.8) is 0 Å². The fourth-order valence-electron chi connectivity index (χ4n) is 3.43. The maximum absolute atomic E-state index is 6.14. The third kappa shape index (κ3) is 5.27. The number of nitrogens with one attached hydrogen (secondary N) is 1. The van der Waals surface area contributed by atoms with Gasteiger partial charge in [0.25, 0.3) is 0 Å². The summed E-state index contributed by atoms with van der Waals surface area (Å²) in [5, 5.41) is 6.85. The molecule has 0 aliphatic heterocycles. The molecule has 30 heavy (non-hydrogen) atoms. The van der Waals surface area contributed by atoms with E-state index in [4.69, 9.17) is 10.5 Å². The molecule has 3 aromatic carbocycles. The first-order valence-corrected chi connectivity index (χ1v) is 10.1. The lowest BCUT2D eigenvalue weighted by molar-refractivity contribution is 0.197. The van der Waals surface area contributed by atoms with Gasteiger partial charge in [-0.05, 0) is 28.8 Å². The Balaban J connectivity index is 1.42. The number of nitrogens with zero attached hydrogens (tertiary/aromatic N) is 2. The van der Waals surface area contributed by atoms with E-state index in [1.54, 1.807) is 6.20 Å². The van der Waals surface area contributed by atoms with Crippen molar-refractivity contribution in [1.29, 1.82) is 0 Å². The van der Waals surface area contributed by atoms with Crippen LogP contribution >= 0.6 is 0 Å². The molecule has 0 saturated carbocycles. The molecule has 0 bridgehead atoms. The fourth-order valence-corrected chi connectivity index (χ4v) is 3.43. The summed E-state index contributed by atoms with van der Waals surface area (Å²) in [6.07, 6.45) is 3.65. The standard InChI is InChI=1S/C25H26N4O/c26-24-12-11-22(23-16-27-28-17-23)15-25(24)30-14-13-29(18-20-7-3-1-4-8-20)19-21-9-5-2-6-10-21/h1-12,15-17H,13-14,18-19,26H2,(H,27,28). The van der Waals surface area contributed by atoms with Crippen LogP contribution in [-0.2, 0) is 13.1 Å². The van der Waals surface area contributed by atoms with Crippen molar-refractivity contribution in [3.05, 3.63) is 102 Å². The van der Waals surface area contributed by atoms with Crippen LogP contribution in [0.5, 0.6) is 5.75 Å². The first kappa shape index (κ1) is 19.7. The van der Waals surface area contributed by atoms with E-state index < -0.39 is 0 Å².